The SMILES string of the molecule is CC(N)=Nc1ccccc1-c1nc(C)ccc1OCc1c(F)cccc1F. The zero-order chi connectivity index (χ0) is 19.4. The highest BCUT2D eigenvalue weighted by Gasteiger charge is 2.15. The lowest BCUT2D eigenvalue weighted by Gasteiger charge is -2.14. The van der Waals surface area contributed by atoms with Gasteiger partial charge >= 0.3 is 0 Å². The lowest BCUT2D eigenvalue weighted by Crippen LogP contribution is -2.05. The molecule has 0 bridgehead atoms. The predicted molar refractivity (Wildman–Crippen MR) is 102 cm³/mol. The highest BCUT2D eigenvalue weighted by Crippen LogP contribution is 2.35. The summed E-state index contributed by atoms with van der Waals surface area (Å²) in [7, 11) is 0. The normalized spacial score (nSPS) is 11.5. The number of nitrogens with zero attached hydrogens (tertiary/aromatic N) is 2. The summed E-state index contributed by atoms with van der Waals surface area (Å²) in [5, 5.41) is 0. The Labute approximate surface area is 156 Å². The quantitative estimate of drug-likeness (QED) is 0.514. The summed E-state index contributed by atoms with van der Waals surface area (Å²) in [6.07, 6.45) is 0. The molecule has 1 heterocycles. The summed E-state index contributed by atoms with van der Waals surface area (Å²) in [4.78, 5) is 8.88. The van der Waals surface area contributed by atoms with Crippen LogP contribution in [0.5, 0.6) is 5.75 Å². The van der Waals surface area contributed by atoms with Crippen LogP contribution >= 0.6 is 0 Å². The number of aliphatic imine (C=N–C) groups is 1. The third kappa shape index (κ3) is 4.28. The molecule has 4 nitrogen and oxygen atoms in total. The molecule has 2 N–H and O–H groups in total. The van der Waals surface area contributed by atoms with Gasteiger partial charge in [0, 0.05) is 11.3 Å². The van der Waals surface area contributed by atoms with Crippen LogP contribution < -0.4 is 10.5 Å². The van der Waals surface area contributed by atoms with Crippen LogP contribution in [0.1, 0.15) is 18.2 Å². The van der Waals surface area contributed by atoms with Gasteiger partial charge in [0.25, 0.3) is 0 Å². The molecule has 0 amide bonds. The molecule has 1 aromatic heterocycles. The summed E-state index contributed by atoms with van der Waals surface area (Å²) in [5.74, 6) is -0.493. The third-order valence-electron chi connectivity index (χ3n) is 3.89. The zero-order valence-electron chi connectivity index (χ0n) is 15.0. The van der Waals surface area contributed by atoms with Crippen LogP contribution in [0.15, 0.2) is 59.6 Å². The monoisotopic (exact) mass is 367 g/mol. The molecule has 0 spiro atoms. The Hall–Kier alpha value is -3.28. The van der Waals surface area contributed by atoms with Crippen molar-refractivity contribution in [3.8, 4) is 17.0 Å². The van der Waals surface area contributed by atoms with E-state index in [1.165, 1.54) is 18.2 Å². The summed E-state index contributed by atoms with van der Waals surface area (Å²) in [6.45, 7) is 3.29. The molecule has 6 heteroatoms. The summed E-state index contributed by atoms with van der Waals surface area (Å²) in [5.41, 5.74) is 8.26. The van der Waals surface area contributed by atoms with Gasteiger partial charge in [-0.1, -0.05) is 24.3 Å². The maximum Gasteiger partial charge on any atom is 0.146 e. The van der Waals surface area contributed by atoms with Crippen molar-refractivity contribution in [1.82, 2.24) is 4.98 Å². The van der Waals surface area contributed by atoms with Crippen LogP contribution in [0.3, 0.4) is 0 Å². The van der Waals surface area contributed by atoms with Crippen molar-refractivity contribution in [2.45, 2.75) is 20.5 Å². The summed E-state index contributed by atoms with van der Waals surface area (Å²) >= 11 is 0. The van der Waals surface area contributed by atoms with Crippen molar-refractivity contribution in [3.63, 3.8) is 0 Å². The molecule has 0 aliphatic carbocycles. The fourth-order valence-corrected chi connectivity index (χ4v) is 2.63. The Morgan fingerprint density at radius 1 is 1.04 bits per heavy atom. The number of hydrogen-bond acceptors (Lipinski definition) is 3. The first-order chi connectivity index (χ1) is 13.0. The van der Waals surface area contributed by atoms with Crippen molar-refractivity contribution >= 4 is 11.5 Å². The van der Waals surface area contributed by atoms with E-state index in [1.54, 1.807) is 19.1 Å². The number of pyridine rings is 1. The highest BCUT2D eigenvalue weighted by molar-refractivity contribution is 5.85. The zero-order valence-corrected chi connectivity index (χ0v) is 15.0. The number of amidine groups is 1. The van der Waals surface area contributed by atoms with Gasteiger partial charge in [-0.15, -0.1) is 0 Å². The minimum Gasteiger partial charge on any atom is -0.486 e. The van der Waals surface area contributed by atoms with E-state index in [9.17, 15) is 8.78 Å². The van der Waals surface area contributed by atoms with Crippen molar-refractivity contribution in [2.75, 3.05) is 0 Å². The van der Waals surface area contributed by atoms with E-state index in [1.807, 2.05) is 31.2 Å². The second-order valence-electron chi connectivity index (χ2n) is 6.06. The van der Waals surface area contributed by atoms with Gasteiger partial charge < -0.3 is 10.5 Å². The van der Waals surface area contributed by atoms with Crippen molar-refractivity contribution in [2.24, 2.45) is 10.7 Å². The maximum atomic E-state index is 13.9. The molecule has 0 radical (unpaired) electrons. The molecule has 0 fully saturated rings. The number of benzene rings is 2. The minimum absolute atomic E-state index is 0.131. The Kier molecular flexibility index (Phi) is 5.45. The van der Waals surface area contributed by atoms with Crippen LogP contribution in [0.2, 0.25) is 0 Å². The molecule has 2 aromatic carbocycles. The van der Waals surface area contributed by atoms with Gasteiger partial charge in [-0.3, -0.25) is 0 Å². The number of nitrogens with two attached hydrogens (primary N) is 1. The predicted octanol–water partition coefficient (Wildman–Crippen LogP) is 4.92. The molecule has 0 saturated carbocycles. The number of hydrogen-bond donors (Lipinski definition) is 1. The number of halogens is 2. The average Bonchev–Trinajstić information content (AvgIpc) is 2.62. The highest BCUT2D eigenvalue weighted by atomic mass is 19.1. The van der Waals surface area contributed by atoms with Crippen molar-refractivity contribution in [3.05, 3.63) is 77.5 Å². The van der Waals surface area contributed by atoms with Crippen LogP contribution in [-0.2, 0) is 6.61 Å². The number of aryl methyl sites for hydroxylation is 1. The van der Waals surface area contributed by atoms with Gasteiger partial charge in [0.2, 0.25) is 0 Å². The lowest BCUT2D eigenvalue weighted by atomic mass is 10.1. The molecule has 0 atom stereocenters. The third-order valence-corrected chi connectivity index (χ3v) is 3.89. The van der Waals surface area contributed by atoms with Crippen molar-refractivity contribution < 1.29 is 13.5 Å². The van der Waals surface area contributed by atoms with E-state index in [2.05, 4.69) is 9.98 Å². The number of ether oxygens (including phenoxy) is 1. The molecule has 138 valence electrons. The molecule has 27 heavy (non-hydrogen) atoms. The number of rotatable bonds is 5. The van der Waals surface area contributed by atoms with E-state index in [4.69, 9.17) is 10.5 Å². The van der Waals surface area contributed by atoms with Gasteiger partial charge in [-0.05, 0) is 44.2 Å². The molecule has 3 aromatic rings. The standard InChI is InChI=1S/C21H19F2N3O/c1-13-10-11-20(27-12-16-17(22)7-5-8-18(16)23)21(25-13)15-6-3-4-9-19(15)26-14(2)24/h3-11H,12H2,1-2H3,(H2,24,26). The van der Waals surface area contributed by atoms with Crippen LogP contribution in [0, 0.1) is 18.6 Å². The molecular weight excluding hydrogens is 348 g/mol. The van der Waals surface area contributed by atoms with Gasteiger partial charge in [0.1, 0.15) is 29.7 Å². The van der Waals surface area contributed by atoms with Crippen LogP contribution in [-0.4, -0.2) is 10.8 Å². The van der Waals surface area contributed by atoms with Crippen LogP contribution in [0.4, 0.5) is 14.5 Å². The first kappa shape index (κ1) is 18.5. The van der Waals surface area contributed by atoms with E-state index in [-0.39, 0.29) is 12.2 Å². The Morgan fingerprint density at radius 2 is 1.74 bits per heavy atom. The molecule has 0 aliphatic rings. The van der Waals surface area contributed by atoms with Gasteiger partial charge in [0.15, 0.2) is 0 Å². The smallest absolute Gasteiger partial charge is 0.146 e. The minimum atomic E-state index is -0.652. The molecule has 0 unspecified atom stereocenters. The molecule has 0 saturated heterocycles. The van der Waals surface area contributed by atoms with E-state index in [0.29, 0.717) is 23.0 Å². The first-order valence-electron chi connectivity index (χ1n) is 8.39. The van der Waals surface area contributed by atoms with Gasteiger partial charge in [-0.25, -0.2) is 18.8 Å². The van der Waals surface area contributed by atoms with Gasteiger partial charge in [-0.2, -0.15) is 0 Å². The molecular formula is C21H19F2N3O. The molecule has 0 aliphatic heterocycles. The Morgan fingerprint density at radius 3 is 2.44 bits per heavy atom. The van der Waals surface area contributed by atoms with E-state index < -0.39 is 11.6 Å². The first-order valence-corrected chi connectivity index (χ1v) is 8.39. The maximum absolute atomic E-state index is 13.9. The fourth-order valence-electron chi connectivity index (χ4n) is 2.63. The largest absolute Gasteiger partial charge is 0.486 e. The second kappa shape index (κ2) is 7.95. The molecule has 3 rings (SSSR count). The Balaban J connectivity index is 2.01. The van der Waals surface area contributed by atoms with Crippen LogP contribution in [0.25, 0.3) is 11.3 Å². The summed E-state index contributed by atoms with van der Waals surface area (Å²) < 4.78 is 33.5. The van der Waals surface area contributed by atoms with Gasteiger partial charge in [0.05, 0.1) is 17.1 Å². The van der Waals surface area contributed by atoms with E-state index >= 15 is 0 Å². The topological polar surface area (TPSA) is 60.5 Å². The van der Waals surface area contributed by atoms with E-state index in [0.717, 1.165) is 11.3 Å². The summed E-state index contributed by atoms with van der Waals surface area (Å²) in [6, 6.07) is 14.6. The second-order valence-corrected chi connectivity index (χ2v) is 6.06. The number of aromatic nitrogens is 1. The average molecular weight is 367 g/mol. The van der Waals surface area contributed by atoms with Crippen molar-refractivity contribution in [1.29, 1.82) is 0 Å². The lowest BCUT2D eigenvalue weighted by molar-refractivity contribution is 0.292. The Bertz CT molecular complexity index is 978. The number of para-hydroxylation sites is 1. The fraction of sp³-hybridized carbons (Fsp3) is 0.143.